The molecule has 0 aliphatic heterocycles. The first-order valence-corrected chi connectivity index (χ1v) is 16.1. The molecule has 10 nitrogen and oxygen atoms in total. The summed E-state index contributed by atoms with van der Waals surface area (Å²) in [7, 11) is 1.92. The van der Waals surface area contributed by atoms with Crippen LogP contribution in [0.15, 0.2) is 91.0 Å². The lowest BCUT2D eigenvalue weighted by Gasteiger charge is -2.13. The summed E-state index contributed by atoms with van der Waals surface area (Å²) in [6, 6.07) is 29.3. The number of nitrogens with one attached hydrogen (secondary N) is 3. The molecule has 0 fully saturated rings. The maximum absolute atomic E-state index is 11.9. The maximum atomic E-state index is 11.9. The van der Waals surface area contributed by atoms with Gasteiger partial charge in [0.1, 0.15) is 6.29 Å². The molecular weight excluding hydrogens is 594 g/mol. The number of unbranched alkanes of at least 4 members (excludes halogenated alkanes) is 4. The molecule has 0 aromatic heterocycles. The number of primary amides is 1. The number of likely N-dealkylation sites (N-methyl/N-ethyl adjacent to an activating group) is 1. The van der Waals surface area contributed by atoms with Gasteiger partial charge in [0.2, 0.25) is 18.2 Å². The molecule has 0 aliphatic carbocycles. The van der Waals surface area contributed by atoms with E-state index >= 15 is 0 Å². The lowest BCUT2D eigenvalue weighted by atomic mass is 10.1. The van der Waals surface area contributed by atoms with E-state index in [-0.39, 0.29) is 24.8 Å². The summed E-state index contributed by atoms with van der Waals surface area (Å²) in [5, 5.41) is 8.25. The van der Waals surface area contributed by atoms with Crippen LogP contribution in [0, 0.1) is 6.92 Å². The van der Waals surface area contributed by atoms with E-state index in [0.29, 0.717) is 32.3 Å². The van der Waals surface area contributed by atoms with Gasteiger partial charge in [-0.3, -0.25) is 14.4 Å². The lowest BCUT2D eigenvalue weighted by Crippen LogP contribution is -2.43. The largest absolute Gasteiger partial charge is 0.375 e. The van der Waals surface area contributed by atoms with Gasteiger partial charge < -0.3 is 36.9 Å². The standard InChI is InChI=1S/C19H29N3O3.C10H15NO.C7H8.CH3NO/c20-12-8-3-1-2-7-11-18(24)21-14-19(25)22-17(15-23)13-16-9-5-4-6-10-16;1-11-7-8-12-9-10-5-3-2-4-6-10;1-7-5-3-2-4-6-7;2-1-3/h4-6,9-10,15,17H,1-3,7-8,11-14,20H2,(H,21,24)(H,22,25);2-6,11H,7-9H2,1H3;2-6H,1H3;1H,(H2,2,3). The third kappa shape index (κ3) is 27.6. The average molecular weight is 650 g/mol. The van der Waals surface area contributed by atoms with Gasteiger partial charge in [-0.1, -0.05) is 116 Å². The lowest BCUT2D eigenvalue weighted by molar-refractivity contribution is -0.127. The zero-order chi connectivity index (χ0) is 34.8. The van der Waals surface area contributed by atoms with Crippen molar-refractivity contribution in [1.29, 1.82) is 0 Å². The molecule has 0 spiro atoms. The highest BCUT2D eigenvalue weighted by atomic mass is 16.5. The monoisotopic (exact) mass is 649 g/mol. The van der Waals surface area contributed by atoms with E-state index in [1.807, 2.05) is 73.8 Å². The zero-order valence-electron chi connectivity index (χ0n) is 28.1. The van der Waals surface area contributed by atoms with Gasteiger partial charge in [-0.15, -0.1) is 0 Å². The number of rotatable bonds is 18. The van der Waals surface area contributed by atoms with Gasteiger partial charge in [0.05, 0.1) is 25.8 Å². The number of amides is 3. The quantitative estimate of drug-likeness (QED) is 0.103. The van der Waals surface area contributed by atoms with Crippen LogP contribution in [0.25, 0.3) is 0 Å². The molecule has 7 N–H and O–H groups in total. The molecule has 0 heterocycles. The van der Waals surface area contributed by atoms with E-state index < -0.39 is 6.04 Å². The fourth-order valence-corrected chi connectivity index (χ4v) is 3.96. The second kappa shape index (κ2) is 31.6. The first kappa shape index (κ1) is 42.6. The SMILES string of the molecule is CNCCOCc1ccccc1.Cc1ccccc1.NC=O.NCCCCCCCC(=O)NCC(=O)NC(C=O)Cc1ccccc1. The molecule has 0 saturated heterocycles. The number of aldehydes is 1. The second-order valence-electron chi connectivity index (χ2n) is 10.5. The van der Waals surface area contributed by atoms with Gasteiger partial charge in [-0.25, -0.2) is 0 Å². The van der Waals surface area contributed by atoms with Gasteiger partial charge in [-0.2, -0.15) is 0 Å². The fourth-order valence-electron chi connectivity index (χ4n) is 3.96. The van der Waals surface area contributed by atoms with Gasteiger partial charge in [-0.05, 0) is 50.9 Å². The van der Waals surface area contributed by atoms with Gasteiger partial charge >= 0.3 is 0 Å². The summed E-state index contributed by atoms with van der Waals surface area (Å²) in [4.78, 5) is 43.3. The van der Waals surface area contributed by atoms with Crippen LogP contribution in [-0.2, 0) is 36.9 Å². The van der Waals surface area contributed by atoms with E-state index in [4.69, 9.17) is 15.3 Å². The van der Waals surface area contributed by atoms with Crippen molar-refractivity contribution >= 4 is 24.5 Å². The van der Waals surface area contributed by atoms with Crippen molar-refractivity contribution < 1.29 is 23.9 Å². The molecule has 1 atom stereocenters. The molecular formula is C37H55N5O5. The molecule has 47 heavy (non-hydrogen) atoms. The number of benzene rings is 3. The summed E-state index contributed by atoms with van der Waals surface area (Å²) in [5.41, 5.74) is 13.1. The highest BCUT2D eigenvalue weighted by Crippen LogP contribution is 2.05. The Hall–Kier alpha value is -4.38. The molecule has 3 aromatic carbocycles. The van der Waals surface area contributed by atoms with E-state index in [9.17, 15) is 14.4 Å². The Bertz CT molecular complexity index is 1170. The van der Waals surface area contributed by atoms with Crippen molar-refractivity contribution in [3.63, 3.8) is 0 Å². The Labute approximate surface area is 281 Å². The minimum Gasteiger partial charge on any atom is -0.375 e. The molecule has 0 saturated carbocycles. The Morgan fingerprint density at radius 3 is 1.83 bits per heavy atom. The Morgan fingerprint density at radius 2 is 1.32 bits per heavy atom. The van der Waals surface area contributed by atoms with Crippen molar-refractivity contribution in [1.82, 2.24) is 16.0 Å². The molecule has 0 radical (unpaired) electrons. The fraction of sp³-hybridized carbons (Fsp3) is 0.405. The molecule has 258 valence electrons. The molecule has 3 rings (SSSR count). The highest BCUT2D eigenvalue weighted by Gasteiger charge is 2.13. The van der Waals surface area contributed by atoms with Crippen LogP contribution in [0.5, 0.6) is 0 Å². The first-order valence-electron chi connectivity index (χ1n) is 16.1. The summed E-state index contributed by atoms with van der Waals surface area (Å²) < 4.78 is 5.40. The Morgan fingerprint density at radius 1 is 0.787 bits per heavy atom. The van der Waals surface area contributed by atoms with Crippen molar-refractivity contribution in [2.24, 2.45) is 11.5 Å². The summed E-state index contributed by atoms with van der Waals surface area (Å²) in [5.74, 6) is -0.496. The van der Waals surface area contributed by atoms with Crippen LogP contribution in [0.1, 0.15) is 55.2 Å². The highest BCUT2D eigenvalue weighted by molar-refractivity contribution is 5.86. The number of carbonyl (C=O) groups excluding carboxylic acids is 4. The van der Waals surface area contributed by atoms with Crippen LogP contribution in [-0.4, -0.2) is 63.8 Å². The van der Waals surface area contributed by atoms with Crippen LogP contribution >= 0.6 is 0 Å². The topological polar surface area (TPSA) is 166 Å². The predicted octanol–water partition coefficient (Wildman–Crippen LogP) is 3.85. The van der Waals surface area contributed by atoms with Crippen molar-refractivity contribution in [3.8, 4) is 0 Å². The van der Waals surface area contributed by atoms with E-state index in [1.165, 1.54) is 11.1 Å². The first-order chi connectivity index (χ1) is 22.9. The minimum absolute atomic E-state index is 0.106. The van der Waals surface area contributed by atoms with E-state index in [0.717, 1.165) is 50.8 Å². The molecule has 0 bridgehead atoms. The van der Waals surface area contributed by atoms with Gasteiger partial charge in [0.25, 0.3) is 0 Å². The number of aryl methyl sites for hydroxylation is 1. The number of carbonyl (C=O) groups is 4. The molecule has 3 amide bonds. The van der Waals surface area contributed by atoms with Gasteiger partial charge in [0, 0.05) is 13.0 Å². The summed E-state index contributed by atoms with van der Waals surface area (Å²) in [6.07, 6.45) is 6.80. The van der Waals surface area contributed by atoms with Crippen molar-refractivity contribution in [3.05, 3.63) is 108 Å². The Kier molecular flexibility index (Phi) is 28.7. The van der Waals surface area contributed by atoms with Crippen LogP contribution in [0.4, 0.5) is 0 Å². The third-order valence-corrected chi connectivity index (χ3v) is 6.41. The third-order valence-electron chi connectivity index (χ3n) is 6.41. The van der Waals surface area contributed by atoms with E-state index in [2.05, 4.69) is 52.9 Å². The van der Waals surface area contributed by atoms with E-state index in [1.54, 1.807) is 0 Å². The predicted molar refractivity (Wildman–Crippen MR) is 189 cm³/mol. The Balaban J connectivity index is 0.000000782. The summed E-state index contributed by atoms with van der Waals surface area (Å²) in [6.45, 7) is 5.08. The van der Waals surface area contributed by atoms with Crippen LogP contribution < -0.4 is 27.4 Å². The number of hydrogen-bond acceptors (Lipinski definition) is 7. The number of ether oxygens (including phenoxy) is 1. The van der Waals surface area contributed by atoms with Crippen molar-refractivity contribution in [2.75, 3.05) is 33.3 Å². The summed E-state index contributed by atoms with van der Waals surface area (Å²) >= 11 is 0. The minimum atomic E-state index is -0.589. The number of nitrogens with two attached hydrogens (primary N) is 2. The van der Waals surface area contributed by atoms with Gasteiger partial charge in [0.15, 0.2) is 0 Å². The molecule has 0 aliphatic rings. The van der Waals surface area contributed by atoms with Crippen molar-refractivity contribution in [2.45, 2.75) is 64.5 Å². The van der Waals surface area contributed by atoms with Crippen LogP contribution in [0.2, 0.25) is 0 Å². The maximum Gasteiger partial charge on any atom is 0.239 e. The molecule has 3 aromatic rings. The number of hydrogen-bond donors (Lipinski definition) is 5. The normalized spacial score (nSPS) is 10.3. The molecule has 1 unspecified atom stereocenters. The molecule has 10 heteroatoms. The average Bonchev–Trinajstić information content (AvgIpc) is 3.09. The second-order valence-corrected chi connectivity index (χ2v) is 10.5. The zero-order valence-corrected chi connectivity index (χ0v) is 28.1. The van der Waals surface area contributed by atoms with Crippen LogP contribution in [0.3, 0.4) is 0 Å². The smallest absolute Gasteiger partial charge is 0.239 e.